The number of ether oxygens (including phenoxy) is 1. The Morgan fingerprint density at radius 1 is 1.46 bits per heavy atom. The minimum atomic E-state index is -0.338. The molecule has 0 spiro atoms. The van der Waals surface area contributed by atoms with E-state index in [2.05, 4.69) is 0 Å². The molecule has 3 nitrogen and oxygen atoms in total. The van der Waals surface area contributed by atoms with Crippen LogP contribution in [0.25, 0.3) is 0 Å². The molecule has 1 aliphatic carbocycles. The topological polar surface area (TPSA) is 55.5 Å². The lowest BCUT2D eigenvalue weighted by Gasteiger charge is -2.25. The highest BCUT2D eigenvalue weighted by Crippen LogP contribution is 2.17. The zero-order valence-electron chi connectivity index (χ0n) is 8.73. The van der Waals surface area contributed by atoms with Crippen LogP contribution in [-0.2, 0) is 4.74 Å². The SMILES string of the molecule is CC.COCC1C=CC(N)CC1O. The molecule has 0 radical (unpaired) electrons. The molecule has 1 rings (SSSR count). The van der Waals surface area contributed by atoms with Crippen molar-refractivity contribution in [3.05, 3.63) is 12.2 Å². The van der Waals surface area contributed by atoms with Gasteiger partial charge in [-0.2, -0.15) is 0 Å². The first-order valence-corrected chi connectivity index (χ1v) is 4.85. The predicted octanol–water partition coefficient (Wildman–Crippen LogP) is 0.923. The van der Waals surface area contributed by atoms with Gasteiger partial charge in [-0.1, -0.05) is 26.0 Å². The van der Waals surface area contributed by atoms with Crippen LogP contribution in [0.15, 0.2) is 12.2 Å². The molecule has 0 bridgehead atoms. The standard InChI is InChI=1S/C8H15NO2.C2H6/c1-11-5-6-2-3-7(9)4-8(6)10;1-2/h2-3,6-8,10H,4-5,9H2,1H3;1-2H3. The summed E-state index contributed by atoms with van der Waals surface area (Å²) in [6.07, 6.45) is 4.17. The number of aliphatic hydroxyl groups excluding tert-OH is 1. The molecule has 0 aromatic heterocycles. The summed E-state index contributed by atoms with van der Waals surface area (Å²) in [6, 6.07) is 0.0121. The molecule has 0 aliphatic heterocycles. The third-order valence-corrected chi connectivity index (χ3v) is 1.97. The highest BCUT2D eigenvalue weighted by Gasteiger charge is 2.22. The van der Waals surface area contributed by atoms with E-state index in [1.54, 1.807) is 7.11 Å². The first-order chi connectivity index (χ1) is 6.24. The van der Waals surface area contributed by atoms with Crippen LogP contribution in [-0.4, -0.2) is 31.0 Å². The number of rotatable bonds is 2. The second-order valence-electron chi connectivity index (χ2n) is 2.97. The first kappa shape index (κ1) is 12.6. The van der Waals surface area contributed by atoms with Crippen LogP contribution in [0.5, 0.6) is 0 Å². The molecule has 13 heavy (non-hydrogen) atoms. The fourth-order valence-electron chi connectivity index (χ4n) is 1.30. The quantitative estimate of drug-likeness (QED) is 0.632. The van der Waals surface area contributed by atoms with Crippen molar-refractivity contribution in [1.29, 1.82) is 0 Å². The summed E-state index contributed by atoms with van der Waals surface area (Å²) >= 11 is 0. The fraction of sp³-hybridized carbons (Fsp3) is 0.800. The zero-order valence-corrected chi connectivity index (χ0v) is 8.73. The molecule has 0 saturated carbocycles. The summed E-state index contributed by atoms with van der Waals surface area (Å²) in [5.41, 5.74) is 5.60. The van der Waals surface area contributed by atoms with Gasteiger partial charge in [0, 0.05) is 19.1 Å². The zero-order chi connectivity index (χ0) is 10.3. The maximum absolute atomic E-state index is 9.46. The fourth-order valence-corrected chi connectivity index (χ4v) is 1.30. The van der Waals surface area contributed by atoms with Gasteiger partial charge in [0.15, 0.2) is 0 Å². The molecule has 3 atom stereocenters. The van der Waals surface area contributed by atoms with Crippen molar-refractivity contribution in [2.75, 3.05) is 13.7 Å². The lowest BCUT2D eigenvalue weighted by atomic mass is 9.91. The van der Waals surface area contributed by atoms with Gasteiger partial charge in [-0.05, 0) is 6.42 Å². The van der Waals surface area contributed by atoms with E-state index in [1.807, 2.05) is 26.0 Å². The third kappa shape index (κ3) is 4.41. The molecule has 3 heteroatoms. The molecule has 3 N–H and O–H groups in total. The molecule has 0 heterocycles. The van der Waals surface area contributed by atoms with E-state index in [9.17, 15) is 5.11 Å². The Kier molecular flexibility index (Phi) is 6.86. The second kappa shape index (κ2) is 7.06. The molecule has 78 valence electrons. The lowest BCUT2D eigenvalue weighted by molar-refractivity contribution is 0.0586. The third-order valence-electron chi connectivity index (χ3n) is 1.97. The molecular weight excluding hydrogens is 166 g/mol. The average molecular weight is 187 g/mol. The first-order valence-electron chi connectivity index (χ1n) is 4.85. The van der Waals surface area contributed by atoms with Crippen molar-refractivity contribution in [3.63, 3.8) is 0 Å². The average Bonchev–Trinajstić information content (AvgIpc) is 2.14. The van der Waals surface area contributed by atoms with Gasteiger partial charge in [-0.25, -0.2) is 0 Å². The Morgan fingerprint density at radius 2 is 2.08 bits per heavy atom. The van der Waals surface area contributed by atoms with Crippen LogP contribution in [0, 0.1) is 5.92 Å². The Morgan fingerprint density at radius 3 is 2.54 bits per heavy atom. The lowest BCUT2D eigenvalue weighted by Crippen LogP contribution is -2.34. The smallest absolute Gasteiger partial charge is 0.0642 e. The van der Waals surface area contributed by atoms with E-state index in [1.165, 1.54) is 0 Å². The van der Waals surface area contributed by atoms with E-state index in [-0.39, 0.29) is 18.1 Å². The predicted molar refractivity (Wildman–Crippen MR) is 54.5 cm³/mol. The van der Waals surface area contributed by atoms with Crippen molar-refractivity contribution in [2.45, 2.75) is 32.4 Å². The highest BCUT2D eigenvalue weighted by molar-refractivity contribution is 5.04. The number of aliphatic hydroxyl groups is 1. The van der Waals surface area contributed by atoms with E-state index in [4.69, 9.17) is 10.5 Å². The van der Waals surface area contributed by atoms with Gasteiger partial charge in [0.2, 0.25) is 0 Å². The number of nitrogens with two attached hydrogens (primary N) is 1. The van der Waals surface area contributed by atoms with Crippen molar-refractivity contribution in [3.8, 4) is 0 Å². The highest BCUT2D eigenvalue weighted by atomic mass is 16.5. The van der Waals surface area contributed by atoms with Crippen LogP contribution in [0.1, 0.15) is 20.3 Å². The van der Waals surface area contributed by atoms with E-state index < -0.39 is 0 Å². The maximum Gasteiger partial charge on any atom is 0.0642 e. The van der Waals surface area contributed by atoms with Crippen LogP contribution in [0.2, 0.25) is 0 Å². The van der Waals surface area contributed by atoms with Gasteiger partial charge in [0.25, 0.3) is 0 Å². The number of hydrogen-bond acceptors (Lipinski definition) is 3. The Hall–Kier alpha value is -0.380. The molecule has 1 aliphatic rings. The number of hydrogen-bond donors (Lipinski definition) is 2. The van der Waals surface area contributed by atoms with Gasteiger partial charge < -0.3 is 15.6 Å². The molecular formula is C10H21NO2. The van der Waals surface area contributed by atoms with E-state index in [0.29, 0.717) is 13.0 Å². The molecule has 0 aromatic carbocycles. The Bertz CT molecular complexity index is 148. The molecule has 3 unspecified atom stereocenters. The molecule has 0 aromatic rings. The van der Waals surface area contributed by atoms with Gasteiger partial charge in [-0.3, -0.25) is 0 Å². The van der Waals surface area contributed by atoms with Gasteiger partial charge in [0.05, 0.1) is 12.7 Å². The van der Waals surface area contributed by atoms with Crippen LogP contribution >= 0.6 is 0 Å². The summed E-state index contributed by atoms with van der Waals surface area (Å²) in [5.74, 6) is 0.125. The summed E-state index contributed by atoms with van der Waals surface area (Å²) in [4.78, 5) is 0. The summed E-state index contributed by atoms with van der Waals surface area (Å²) in [6.45, 7) is 4.57. The minimum Gasteiger partial charge on any atom is -0.392 e. The van der Waals surface area contributed by atoms with Gasteiger partial charge in [-0.15, -0.1) is 0 Å². The van der Waals surface area contributed by atoms with Gasteiger partial charge >= 0.3 is 0 Å². The molecule has 0 amide bonds. The van der Waals surface area contributed by atoms with Crippen molar-refractivity contribution in [2.24, 2.45) is 11.7 Å². The summed E-state index contributed by atoms with van der Waals surface area (Å²) < 4.78 is 4.93. The van der Waals surface area contributed by atoms with Crippen molar-refractivity contribution in [1.82, 2.24) is 0 Å². The molecule has 0 fully saturated rings. The van der Waals surface area contributed by atoms with E-state index in [0.717, 1.165) is 0 Å². The summed E-state index contributed by atoms with van der Waals surface area (Å²) in [5, 5.41) is 9.46. The van der Waals surface area contributed by atoms with Gasteiger partial charge in [0.1, 0.15) is 0 Å². The monoisotopic (exact) mass is 187 g/mol. The Labute approximate surface area is 80.6 Å². The maximum atomic E-state index is 9.46. The van der Waals surface area contributed by atoms with Crippen molar-refractivity contribution < 1.29 is 9.84 Å². The minimum absolute atomic E-state index is 0.0121. The van der Waals surface area contributed by atoms with Crippen LogP contribution < -0.4 is 5.73 Å². The van der Waals surface area contributed by atoms with E-state index >= 15 is 0 Å². The number of methoxy groups -OCH3 is 1. The molecule has 0 saturated heterocycles. The largest absolute Gasteiger partial charge is 0.392 e. The normalized spacial score (nSPS) is 32.2. The summed E-state index contributed by atoms with van der Waals surface area (Å²) in [7, 11) is 1.63. The second-order valence-corrected chi connectivity index (χ2v) is 2.97. The van der Waals surface area contributed by atoms with Crippen molar-refractivity contribution >= 4 is 0 Å². The Balaban J connectivity index is 0.000000671. The van der Waals surface area contributed by atoms with Crippen LogP contribution in [0.4, 0.5) is 0 Å². The van der Waals surface area contributed by atoms with Crippen LogP contribution in [0.3, 0.4) is 0 Å².